The third kappa shape index (κ3) is 2.45. The van der Waals surface area contributed by atoms with E-state index in [0.717, 1.165) is 40.3 Å². The van der Waals surface area contributed by atoms with Gasteiger partial charge in [0, 0.05) is 11.6 Å². The van der Waals surface area contributed by atoms with Gasteiger partial charge in [-0.2, -0.15) is 0 Å². The summed E-state index contributed by atoms with van der Waals surface area (Å²) in [6.07, 6.45) is 11.0. The van der Waals surface area contributed by atoms with Crippen molar-refractivity contribution in [1.29, 1.82) is 0 Å². The third-order valence-corrected chi connectivity index (χ3v) is 5.70. The SMILES string of the molecule is C1=CC2NC(C3COc4ccccc4C3)=NC2C=C1c1ncnc2[nH]ccc12. The highest BCUT2D eigenvalue weighted by Crippen LogP contribution is 2.31. The number of para-hydroxylation sites is 1. The van der Waals surface area contributed by atoms with E-state index in [2.05, 4.69) is 50.6 Å². The van der Waals surface area contributed by atoms with E-state index in [1.54, 1.807) is 6.33 Å². The summed E-state index contributed by atoms with van der Waals surface area (Å²) in [6, 6.07) is 10.6. The topological polar surface area (TPSA) is 75.2 Å². The molecule has 3 aromatic rings. The van der Waals surface area contributed by atoms with Crippen molar-refractivity contribution in [2.75, 3.05) is 6.61 Å². The molecule has 0 saturated carbocycles. The number of hydrogen-bond acceptors (Lipinski definition) is 5. The van der Waals surface area contributed by atoms with E-state index in [4.69, 9.17) is 9.73 Å². The molecule has 28 heavy (non-hydrogen) atoms. The second kappa shape index (κ2) is 6.05. The van der Waals surface area contributed by atoms with Crippen LogP contribution < -0.4 is 10.1 Å². The van der Waals surface area contributed by atoms with Crippen molar-refractivity contribution in [3.63, 3.8) is 0 Å². The number of benzene rings is 1. The van der Waals surface area contributed by atoms with E-state index in [1.165, 1.54) is 5.56 Å². The Morgan fingerprint density at radius 3 is 3.07 bits per heavy atom. The summed E-state index contributed by atoms with van der Waals surface area (Å²) < 4.78 is 5.96. The summed E-state index contributed by atoms with van der Waals surface area (Å²) in [5, 5.41) is 4.63. The van der Waals surface area contributed by atoms with Crippen molar-refractivity contribution in [1.82, 2.24) is 20.3 Å². The normalized spacial score (nSPS) is 25.4. The average molecular weight is 369 g/mol. The zero-order chi connectivity index (χ0) is 18.5. The molecule has 1 aliphatic carbocycles. The molecule has 1 aromatic carbocycles. The van der Waals surface area contributed by atoms with Crippen LogP contribution in [0.15, 0.2) is 66.1 Å². The largest absolute Gasteiger partial charge is 0.493 e. The molecule has 2 N–H and O–H groups in total. The van der Waals surface area contributed by atoms with E-state index < -0.39 is 0 Å². The number of aromatic amines is 1. The Hall–Kier alpha value is -3.41. The number of hydrogen-bond donors (Lipinski definition) is 2. The number of aliphatic imine (C=N–C) groups is 1. The van der Waals surface area contributed by atoms with Crippen LogP contribution in [0.2, 0.25) is 0 Å². The molecule has 3 aliphatic rings. The lowest BCUT2D eigenvalue weighted by molar-refractivity contribution is 0.257. The van der Waals surface area contributed by atoms with Crippen LogP contribution in [0.25, 0.3) is 16.6 Å². The first-order valence-corrected chi connectivity index (χ1v) is 9.58. The Morgan fingerprint density at radius 2 is 2.07 bits per heavy atom. The van der Waals surface area contributed by atoms with E-state index in [-0.39, 0.29) is 18.0 Å². The number of ether oxygens (including phenoxy) is 1. The minimum atomic E-state index is 0.0797. The minimum Gasteiger partial charge on any atom is -0.493 e. The van der Waals surface area contributed by atoms with Gasteiger partial charge in [0.2, 0.25) is 0 Å². The standard InChI is InChI=1S/C22H19N5O/c1-2-4-19-13(3-1)9-15(11-28-19)21-26-17-6-5-14(10-18(17)27-21)20-16-7-8-23-22(16)25-12-24-20/h1-8,10,12,15,17-18H,9,11H2,(H,26,27)(H,23,24,25). The number of rotatable bonds is 2. The average Bonchev–Trinajstić information content (AvgIpc) is 3.39. The second-order valence-corrected chi connectivity index (χ2v) is 7.44. The molecule has 6 heteroatoms. The van der Waals surface area contributed by atoms with Crippen molar-refractivity contribution in [3.8, 4) is 5.75 Å². The minimum absolute atomic E-state index is 0.0797. The van der Waals surface area contributed by atoms with Crippen LogP contribution in [0.4, 0.5) is 0 Å². The summed E-state index contributed by atoms with van der Waals surface area (Å²) in [7, 11) is 0. The highest BCUT2D eigenvalue weighted by Gasteiger charge is 2.33. The van der Waals surface area contributed by atoms with Crippen molar-refractivity contribution in [3.05, 3.63) is 72.3 Å². The molecule has 3 unspecified atom stereocenters. The molecule has 0 bridgehead atoms. The molecule has 0 saturated heterocycles. The molecule has 6 nitrogen and oxygen atoms in total. The van der Waals surface area contributed by atoms with Crippen LogP contribution in [-0.4, -0.2) is 39.5 Å². The molecule has 2 aliphatic heterocycles. The Morgan fingerprint density at radius 1 is 1.11 bits per heavy atom. The number of nitrogens with zero attached hydrogens (tertiary/aromatic N) is 3. The first-order valence-electron chi connectivity index (χ1n) is 9.58. The molecule has 4 heterocycles. The summed E-state index contributed by atoms with van der Waals surface area (Å²) in [5.41, 5.74) is 4.14. The zero-order valence-corrected chi connectivity index (χ0v) is 15.2. The molecular formula is C22H19N5O. The van der Waals surface area contributed by atoms with Gasteiger partial charge in [0.15, 0.2) is 0 Å². The lowest BCUT2D eigenvalue weighted by Crippen LogP contribution is -2.39. The Balaban J connectivity index is 1.30. The number of H-pyrrole nitrogens is 1. The van der Waals surface area contributed by atoms with Crippen molar-refractivity contribution < 1.29 is 4.74 Å². The van der Waals surface area contributed by atoms with Crippen LogP contribution in [0.1, 0.15) is 11.3 Å². The first kappa shape index (κ1) is 15.6. The van der Waals surface area contributed by atoms with Crippen LogP contribution in [0.3, 0.4) is 0 Å². The van der Waals surface area contributed by atoms with E-state index in [0.29, 0.717) is 6.61 Å². The summed E-state index contributed by atoms with van der Waals surface area (Å²) in [4.78, 5) is 16.9. The van der Waals surface area contributed by atoms with E-state index in [1.807, 2.05) is 24.4 Å². The summed E-state index contributed by atoms with van der Waals surface area (Å²) in [5.74, 6) is 2.30. The maximum absolute atomic E-state index is 5.96. The van der Waals surface area contributed by atoms with Gasteiger partial charge in [0.05, 0.1) is 30.3 Å². The molecular weight excluding hydrogens is 350 g/mol. The molecule has 0 amide bonds. The zero-order valence-electron chi connectivity index (χ0n) is 15.2. The van der Waals surface area contributed by atoms with Crippen LogP contribution in [0.5, 0.6) is 5.75 Å². The van der Waals surface area contributed by atoms with Crippen molar-refractivity contribution in [2.45, 2.75) is 18.5 Å². The predicted octanol–water partition coefficient (Wildman–Crippen LogP) is 2.90. The van der Waals surface area contributed by atoms with Crippen molar-refractivity contribution >= 4 is 22.4 Å². The Bertz CT molecular complexity index is 1160. The number of aromatic nitrogens is 3. The number of allylic oxidation sites excluding steroid dienone is 2. The first-order chi connectivity index (χ1) is 13.8. The molecule has 0 radical (unpaired) electrons. The number of amidine groups is 1. The molecule has 6 rings (SSSR count). The fourth-order valence-corrected chi connectivity index (χ4v) is 4.27. The Kier molecular flexibility index (Phi) is 3.38. The quantitative estimate of drug-likeness (QED) is 0.728. The summed E-state index contributed by atoms with van der Waals surface area (Å²) in [6.45, 7) is 0.665. The molecule has 0 fully saturated rings. The van der Waals surface area contributed by atoms with Crippen LogP contribution in [-0.2, 0) is 6.42 Å². The highest BCUT2D eigenvalue weighted by atomic mass is 16.5. The maximum Gasteiger partial charge on any atom is 0.141 e. The molecule has 0 spiro atoms. The fraction of sp³-hybridized carbons (Fsp3) is 0.227. The third-order valence-electron chi connectivity index (χ3n) is 5.70. The lowest BCUT2D eigenvalue weighted by atomic mass is 9.95. The van der Waals surface area contributed by atoms with Crippen LogP contribution >= 0.6 is 0 Å². The Labute approximate surface area is 162 Å². The lowest BCUT2D eigenvalue weighted by Gasteiger charge is -2.26. The highest BCUT2D eigenvalue weighted by molar-refractivity contribution is 5.93. The number of nitrogens with one attached hydrogen (secondary N) is 2. The van der Waals surface area contributed by atoms with Gasteiger partial charge >= 0.3 is 0 Å². The predicted molar refractivity (Wildman–Crippen MR) is 108 cm³/mol. The van der Waals surface area contributed by atoms with Crippen molar-refractivity contribution in [2.24, 2.45) is 10.9 Å². The fourth-order valence-electron chi connectivity index (χ4n) is 4.27. The van der Waals surface area contributed by atoms with E-state index >= 15 is 0 Å². The van der Waals surface area contributed by atoms with Gasteiger partial charge in [-0.3, -0.25) is 4.99 Å². The van der Waals surface area contributed by atoms with Crippen LogP contribution in [0, 0.1) is 5.92 Å². The molecule has 138 valence electrons. The second-order valence-electron chi connectivity index (χ2n) is 7.44. The van der Waals surface area contributed by atoms with Gasteiger partial charge in [-0.25, -0.2) is 9.97 Å². The number of fused-ring (bicyclic) bond motifs is 3. The smallest absolute Gasteiger partial charge is 0.141 e. The van der Waals surface area contributed by atoms with Gasteiger partial charge in [-0.05, 0) is 35.8 Å². The molecule has 2 aromatic heterocycles. The molecule has 3 atom stereocenters. The van der Waals surface area contributed by atoms with Gasteiger partial charge in [-0.1, -0.05) is 30.4 Å². The summed E-state index contributed by atoms with van der Waals surface area (Å²) >= 11 is 0. The van der Waals surface area contributed by atoms with Gasteiger partial charge in [0.1, 0.15) is 23.6 Å². The monoisotopic (exact) mass is 369 g/mol. The maximum atomic E-state index is 5.96. The van der Waals surface area contributed by atoms with Gasteiger partial charge in [0.25, 0.3) is 0 Å². The van der Waals surface area contributed by atoms with E-state index in [9.17, 15) is 0 Å². The van der Waals surface area contributed by atoms with Gasteiger partial charge < -0.3 is 15.0 Å². The van der Waals surface area contributed by atoms with Gasteiger partial charge in [-0.15, -0.1) is 0 Å².